The zero-order valence-corrected chi connectivity index (χ0v) is 37.2. The Kier molecular flexibility index (Phi) is 12.5. The molecule has 5 aromatic heterocycles. The first-order valence-corrected chi connectivity index (χ1v) is 22.1. The summed E-state index contributed by atoms with van der Waals surface area (Å²) < 4.78 is 52.1. The van der Waals surface area contributed by atoms with Crippen molar-refractivity contribution in [3.8, 4) is 35.1 Å². The Hall–Kier alpha value is -7.90. The van der Waals surface area contributed by atoms with Gasteiger partial charge < -0.3 is 14.2 Å². The molecule has 2 fully saturated rings. The third kappa shape index (κ3) is 10.2. The maximum Gasteiger partial charge on any atom is 0.416 e. The molecule has 3 aromatic carbocycles. The van der Waals surface area contributed by atoms with Crippen LogP contribution in [0.5, 0.6) is 5.75 Å². The topological polar surface area (TPSA) is 99.0 Å². The first-order valence-electron chi connectivity index (χ1n) is 22.1. The molecule has 1 aliphatic carbocycles. The number of carbonyl (C=O) groups excluding carboxylic acids is 2. The first kappa shape index (κ1) is 44.3. The van der Waals surface area contributed by atoms with Gasteiger partial charge in [-0.05, 0) is 134 Å². The SMILES string of the molecule is COc1ccc(C(=O)Cc2cc(-n3cnc(C4CC4)c3)cc(C(F)(F)F)c2)cc1C#Cc1cnc2ccccn12.Cc1ccc(C(=O)N2CCC(C)CC2)cc1C#Cc1cnc2ccccn12. The van der Waals surface area contributed by atoms with Crippen LogP contribution in [-0.2, 0) is 12.6 Å². The number of alkyl halides is 3. The number of carbonyl (C=O) groups is 2. The molecule has 10 rings (SSSR count). The molecule has 1 amide bonds. The van der Waals surface area contributed by atoms with Gasteiger partial charge in [-0.25, -0.2) is 15.0 Å². The van der Waals surface area contributed by atoms with Gasteiger partial charge in [-0.15, -0.1) is 0 Å². The van der Waals surface area contributed by atoms with Crippen LogP contribution in [0.15, 0.2) is 128 Å². The molecule has 2 aliphatic rings. The summed E-state index contributed by atoms with van der Waals surface area (Å²) in [5, 5.41) is 0. The smallest absolute Gasteiger partial charge is 0.416 e. The molecular formula is C54H46F3N7O3. The van der Waals surface area contributed by atoms with E-state index < -0.39 is 11.7 Å². The molecule has 0 atom stereocenters. The number of imidazole rings is 3. The summed E-state index contributed by atoms with van der Waals surface area (Å²) in [6.07, 6.45) is 9.98. The molecule has 0 unspecified atom stereocenters. The van der Waals surface area contributed by atoms with Crippen LogP contribution in [0.1, 0.15) is 104 Å². The third-order valence-corrected chi connectivity index (χ3v) is 12.1. The lowest BCUT2D eigenvalue weighted by atomic mass is 9.98. The number of aromatic nitrogens is 6. The number of nitrogens with zero attached hydrogens (tertiary/aromatic N) is 7. The van der Waals surface area contributed by atoms with Gasteiger partial charge >= 0.3 is 6.18 Å². The second-order valence-corrected chi connectivity index (χ2v) is 17.0. The van der Waals surface area contributed by atoms with E-state index in [0.717, 1.165) is 90.3 Å². The van der Waals surface area contributed by atoms with Crippen molar-refractivity contribution in [1.29, 1.82) is 0 Å². The highest BCUT2D eigenvalue weighted by atomic mass is 19.4. The molecular weight excluding hydrogens is 852 g/mol. The number of halogens is 3. The molecule has 1 aliphatic heterocycles. The first-order chi connectivity index (χ1) is 32.4. The van der Waals surface area contributed by atoms with Gasteiger partial charge in [0.1, 0.15) is 28.4 Å². The van der Waals surface area contributed by atoms with Crippen molar-refractivity contribution >= 4 is 23.0 Å². The highest BCUT2D eigenvalue weighted by molar-refractivity contribution is 5.98. The van der Waals surface area contributed by atoms with E-state index in [1.807, 2.05) is 87.6 Å². The number of hydrogen-bond acceptors (Lipinski definition) is 6. The number of likely N-dealkylation sites (tertiary alicyclic amines) is 1. The molecule has 10 nitrogen and oxygen atoms in total. The number of pyridine rings is 2. The molecule has 13 heteroatoms. The van der Waals surface area contributed by atoms with Crippen molar-refractivity contribution in [2.24, 2.45) is 5.92 Å². The average Bonchev–Trinajstić information content (AvgIpc) is 3.70. The standard InChI is InChI=1S/C31H23F3N4O2.C23H23N3O/c1-40-29-10-8-22(15-23(29)7-9-25-17-35-30-4-2-3-11-38(25)30)28(39)14-20-12-24(31(32,33)34)16-26(13-20)37-18-27(36-19-37)21-5-6-21;1-17-10-13-25(14-11-17)23(27)20-7-6-18(2)19(15-20)8-9-21-16-24-22-5-3-4-12-26(21)22/h2-4,8,10-13,15-19,21H,5-6,14H2,1H3;3-7,12,15-17H,10-11,13-14H2,1-2H3. The van der Waals surface area contributed by atoms with E-state index in [-0.39, 0.29) is 23.7 Å². The van der Waals surface area contributed by atoms with E-state index in [4.69, 9.17) is 4.74 Å². The molecule has 1 saturated heterocycles. The minimum atomic E-state index is -4.56. The number of aryl methyl sites for hydroxylation is 1. The number of Topliss-reactive ketones (excluding diaryl/α,β-unsaturated/α-hetero) is 1. The normalized spacial score (nSPS) is 13.9. The van der Waals surface area contributed by atoms with Gasteiger partial charge in [-0.2, -0.15) is 13.2 Å². The second-order valence-electron chi connectivity index (χ2n) is 17.0. The van der Waals surface area contributed by atoms with Gasteiger partial charge in [-0.1, -0.05) is 37.0 Å². The van der Waals surface area contributed by atoms with Crippen molar-refractivity contribution in [2.75, 3.05) is 20.2 Å². The summed E-state index contributed by atoms with van der Waals surface area (Å²) >= 11 is 0. The minimum absolute atomic E-state index is 0.111. The molecule has 0 radical (unpaired) electrons. The van der Waals surface area contributed by atoms with Crippen molar-refractivity contribution in [1.82, 2.24) is 33.2 Å². The summed E-state index contributed by atoms with van der Waals surface area (Å²) in [7, 11) is 1.51. The molecule has 1 saturated carbocycles. The largest absolute Gasteiger partial charge is 0.495 e. The summed E-state index contributed by atoms with van der Waals surface area (Å²) in [5.74, 6) is 13.9. The molecule has 336 valence electrons. The van der Waals surface area contributed by atoms with Crippen LogP contribution in [0.2, 0.25) is 0 Å². The molecule has 67 heavy (non-hydrogen) atoms. The van der Waals surface area contributed by atoms with Crippen molar-refractivity contribution in [3.05, 3.63) is 184 Å². The van der Waals surface area contributed by atoms with Gasteiger partial charge in [0.25, 0.3) is 5.91 Å². The van der Waals surface area contributed by atoms with E-state index in [1.54, 1.807) is 47.4 Å². The zero-order valence-electron chi connectivity index (χ0n) is 37.2. The van der Waals surface area contributed by atoms with E-state index in [1.165, 1.54) is 13.4 Å². The number of rotatable bonds is 7. The lowest BCUT2D eigenvalue weighted by molar-refractivity contribution is -0.137. The lowest BCUT2D eigenvalue weighted by Gasteiger charge is -2.30. The predicted molar refractivity (Wildman–Crippen MR) is 249 cm³/mol. The molecule has 0 N–H and O–H groups in total. The van der Waals surface area contributed by atoms with E-state index in [0.29, 0.717) is 40.1 Å². The van der Waals surface area contributed by atoms with E-state index in [9.17, 15) is 22.8 Å². The maximum atomic E-state index is 13.8. The average molecular weight is 898 g/mol. The number of ketones is 1. The van der Waals surface area contributed by atoms with Crippen LogP contribution in [-0.4, -0.2) is 65.1 Å². The van der Waals surface area contributed by atoms with E-state index >= 15 is 0 Å². The van der Waals surface area contributed by atoms with Gasteiger partial charge in [0.05, 0.1) is 42.7 Å². The number of methoxy groups -OCH3 is 1. The Morgan fingerprint density at radius 2 is 1.39 bits per heavy atom. The number of piperidine rings is 1. The van der Waals surface area contributed by atoms with Crippen LogP contribution in [0, 0.1) is 36.5 Å². The molecule has 6 heterocycles. The number of hydrogen-bond donors (Lipinski definition) is 0. The van der Waals surface area contributed by atoms with Crippen LogP contribution >= 0.6 is 0 Å². The van der Waals surface area contributed by atoms with Crippen molar-refractivity contribution in [3.63, 3.8) is 0 Å². The minimum Gasteiger partial charge on any atom is -0.495 e. The summed E-state index contributed by atoms with van der Waals surface area (Å²) in [5.41, 5.74) is 7.23. The summed E-state index contributed by atoms with van der Waals surface area (Å²) in [4.78, 5) is 41.1. The van der Waals surface area contributed by atoms with Crippen LogP contribution < -0.4 is 4.74 Å². The number of fused-ring (bicyclic) bond motifs is 2. The lowest BCUT2D eigenvalue weighted by Crippen LogP contribution is -2.37. The predicted octanol–water partition coefficient (Wildman–Crippen LogP) is 10.2. The van der Waals surface area contributed by atoms with Crippen molar-refractivity contribution < 1.29 is 27.5 Å². The van der Waals surface area contributed by atoms with Gasteiger partial charge in [0.2, 0.25) is 0 Å². The number of ether oxygens (including phenoxy) is 1. The van der Waals surface area contributed by atoms with E-state index in [2.05, 4.69) is 45.6 Å². The number of benzene rings is 3. The van der Waals surface area contributed by atoms with Crippen LogP contribution in [0.25, 0.3) is 17.0 Å². The van der Waals surface area contributed by atoms with Gasteiger partial charge in [0, 0.05) is 66.4 Å². The van der Waals surface area contributed by atoms with Crippen molar-refractivity contribution in [2.45, 2.75) is 58.0 Å². The monoisotopic (exact) mass is 897 g/mol. The number of amides is 1. The molecule has 8 aromatic rings. The van der Waals surface area contributed by atoms with Gasteiger partial charge in [0.15, 0.2) is 5.78 Å². The fourth-order valence-electron chi connectivity index (χ4n) is 8.02. The maximum absolute atomic E-state index is 13.8. The molecule has 0 spiro atoms. The third-order valence-electron chi connectivity index (χ3n) is 12.1. The summed E-state index contributed by atoms with van der Waals surface area (Å²) in [6, 6.07) is 25.8. The Morgan fingerprint density at radius 1 is 0.746 bits per heavy atom. The van der Waals surface area contributed by atoms with Gasteiger partial charge in [-0.3, -0.25) is 18.4 Å². The quantitative estimate of drug-likeness (QED) is 0.117. The summed E-state index contributed by atoms with van der Waals surface area (Å²) in [6.45, 7) is 5.96. The van der Waals surface area contributed by atoms with Crippen LogP contribution in [0.3, 0.4) is 0 Å². The fraction of sp³-hybridized carbons (Fsp3) is 0.241. The highest BCUT2D eigenvalue weighted by Crippen LogP contribution is 2.39. The fourth-order valence-corrected chi connectivity index (χ4v) is 8.02. The second kappa shape index (κ2) is 18.9. The Morgan fingerprint density at radius 3 is 2.03 bits per heavy atom. The Balaban J connectivity index is 0.000000181. The highest BCUT2D eigenvalue weighted by Gasteiger charge is 2.32. The zero-order chi connectivity index (χ0) is 46.7. The van der Waals surface area contributed by atoms with Crippen LogP contribution in [0.4, 0.5) is 13.2 Å². The molecule has 0 bridgehead atoms. The Bertz CT molecular complexity index is 3270. The Labute approximate surface area is 386 Å².